The van der Waals surface area contributed by atoms with E-state index in [1.807, 2.05) is 48.5 Å². The third-order valence-electron chi connectivity index (χ3n) is 8.72. The maximum absolute atomic E-state index is 9.09. The SMILES string of the molecule is N#Cc1nccc(NC2CCN(Cc3ccc(-n4c(-c5cccnc5N)nc5ccc(-c6ccc(OC7CC7)nc6)nc54)cc3)CC2)n1. The number of nitrogens with two attached hydrogens (primary N) is 1. The highest BCUT2D eigenvalue weighted by Gasteiger charge is 2.24. The molecule has 1 aromatic carbocycles. The number of nitrogens with zero attached hydrogens (tertiary/aromatic N) is 9. The number of ether oxygens (including phenoxy) is 1. The van der Waals surface area contributed by atoms with Crippen LogP contribution in [0, 0.1) is 11.3 Å². The summed E-state index contributed by atoms with van der Waals surface area (Å²) in [5.41, 5.74) is 12.4. The molecular formula is C36H33N11O. The van der Waals surface area contributed by atoms with E-state index in [4.69, 9.17) is 25.7 Å². The molecule has 0 unspecified atom stereocenters. The summed E-state index contributed by atoms with van der Waals surface area (Å²) in [5, 5.41) is 12.6. The standard InChI is InChI=1S/C36H33N11O/c37-20-32-39-17-13-31(45-32)42-25-14-18-46(19-15-25)22-23-3-6-26(7-4-23)47-35(28-2-1-16-40-34(28)38)44-30-11-10-29(43-36(30)47)24-5-12-33(41-21-24)48-27-8-9-27/h1-7,10-13,16-17,21,25,27H,8-9,14-15,18-19,22H2,(H2,38,40)(H,39,42,45). The van der Waals surface area contributed by atoms with E-state index < -0.39 is 0 Å². The quantitative estimate of drug-likeness (QED) is 0.209. The number of benzene rings is 1. The molecule has 5 aromatic heterocycles. The first-order valence-corrected chi connectivity index (χ1v) is 16.1. The Kier molecular flexibility index (Phi) is 7.79. The van der Waals surface area contributed by atoms with E-state index in [1.165, 1.54) is 5.56 Å². The predicted molar refractivity (Wildman–Crippen MR) is 182 cm³/mol. The van der Waals surface area contributed by atoms with Gasteiger partial charge in [0.25, 0.3) is 0 Å². The van der Waals surface area contributed by atoms with Crippen LogP contribution in [0.15, 0.2) is 85.3 Å². The van der Waals surface area contributed by atoms with Crippen molar-refractivity contribution in [3.05, 3.63) is 96.7 Å². The molecule has 12 heteroatoms. The van der Waals surface area contributed by atoms with Crippen LogP contribution in [0.25, 0.3) is 39.5 Å². The lowest BCUT2D eigenvalue weighted by Gasteiger charge is -2.32. The number of nitrogens with one attached hydrogen (secondary N) is 1. The number of aromatic nitrogens is 7. The van der Waals surface area contributed by atoms with E-state index in [-0.39, 0.29) is 5.82 Å². The van der Waals surface area contributed by atoms with Crippen LogP contribution in [0.3, 0.4) is 0 Å². The molecule has 1 saturated carbocycles. The number of nitrogen functional groups attached to an aromatic ring is 1. The van der Waals surface area contributed by atoms with Crippen molar-refractivity contribution in [3.63, 3.8) is 0 Å². The third kappa shape index (κ3) is 6.23. The van der Waals surface area contributed by atoms with Gasteiger partial charge in [0.15, 0.2) is 11.5 Å². The highest BCUT2D eigenvalue weighted by atomic mass is 16.5. The molecule has 6 aromatic rings. The van der Waals surface area contributed by atoms with Gasteiger partial charge in [0.2, 0.25) is 11.7 Å². The summed E-state index contributed by atoms with van der Waals surface area (Å²) in [4.78, 5) is 29.6. The number of fused-ring (bicyclic) bond motifs is 1. The van der Waals surface area contributed by atoms with Crippen molar-refractivity contribution >= 4 is 22.8 Å². The average Bonchev–Trinajstić information content (AvgIpc) is 3.87. The van der Waals surface area contributed by atoms with Gasteiger partial charge in [-0.05, 0) is 79.8 Å². The predicted octanol–water partition coefficient (Wildman–Crippen LogP) is 5.41. The van der Waals surface area contributed by atoms with Crippen molar-refractivity contribution in [1.82, 2.24) is 39.4 Å². The molecule has 6 heterocycles. The second-order valence-corrected chi connectivity index (χ2v) is 12.2. The van der Waals surface area contributed by atoms with Crippen LogP contribution in [-0.4, -0.2) is 64.6 Å². The van der Waals surface area contributed by atoms with Crippen LogP contribution < -0.4 is 15.8 Å². The molecule has 12 nitrogen and oxygen atoms in total. The fourth-order valence-electron chi connectivity index (χ4n) is 6.05. The Morgan fingerprint density at radius 2 is 1.73 bits per heavy atom. The first-order valence-electron chi connectivity index (χ1n) is 16.1. The van der Waals surface area contributed by atoms with E-state index in [1.54, 1.807) is 18.6 Å². The van der Waals surface area contributed by atoms with E-state index in [9.17, 15) is 0 Å². The van der Waals surface area contributed by atoms with Gasteiger partial charge in [0.1, 0.15) is 29.3 Å². The summed E-state index contributed by atoms with van der Waals surface area (Å²) in [6.07, 6.45) is 9.55. The normalized spacial score (nSPS) is 15.3. The van der Waals surface area contributed by atoms with Crippen molar-refractivity contribution in [2.75, 3.05) is 24.1 Å². The molecule has 8 rings (SSSR count). The summed E-state index contributed by atoms with van der Waals surface area (Å²) < 4.78 is 7.89. The number of pyridine rings is 3. The first-order chi connectivity index (χ1) is 23.6. The van der Waals surface area contributed by atoms with Crippen LogP contribution in [0.4, 0.5) is 11.6 Å². The highest BCUT2D eigenvalue weighted by molar-refractivity contribution is 5.84. The summed E-state index contributed by atoms with van der Waals surface area (Å²) in [6.45, 7) is 2.77. The van der Waals surface area contributed by atoms with Gasteiger partial charge < -0.3 is 15.8 Å². The first kappa shape index (κ1) is 29.5. The number of anilines is 2. The average molecular weight is 636 g/mol. The zero-order valence-electron chi connectivity index (χ0n) is 26.2. The summed E-state index contributed by atoms with van der Waals surface area (Å²) >= 11 is 0. The molecular weight excluding hydrogens is 602 g/mol. The topological polar surface area (TPSA) is 157 Å². The summed E-state index contributed by atoms with van der Waals surface area (Å²) in [5.74, 6) is 2.60. The Labute approximate surface area is 277 Å². The number of hydrogen-bond donors (Lipinski definition) is 2. The number of imidazole rings is 1. The molecule has 238 valence electrons. The maximum atomic E-state index is 9.09. The lowest BCUT2D eigenvalue weighted by molar-refractivity contribution is 0.211. The lowest BCUT2D eigenvalue weighted by Crippen LogP contribution is -2.38. The second kappa shape index (κ2) is 12.7. The Balaban J connectivity index is 1.03. The monoisotopic (exact) mass is 635 g/mol. The van der Waals surface area contributed by atoms with Crippen LogP contribution in [0.5, 0.6) is 5.88 Å². The zero-order chi connectivity index (χ0) is 32.5. The van der Waals surface area contributed by atoms with Crippen molar-refractivity contribution < 1.29 is 4.74 Å². The van der Waals surface area contributed by atoms with E-state index in [2.05, 4.69) is 59.0 Å². The second-order valence-electron chi connectivity index (χ2n) is 12.2. The highest BCUT2D eigenvalue weighted by Crippen LogP contribution is 2.32. The molecule has 1 aliphatic carbocycles. The largest absolute Gasteiger partial charge is 0.474 e. The third-order valence-corrected chi connectivity index (χ3v) is 8.72. The van der Waals surface area contributed by atoms with Gasteiger partial charge in [-0.25, -0.2) is 29.9 Å². The van der Waals surface area contributed by atoms with E-state index >= 15 is 0 Å². The van der Waals surface area contributed by atoms with Gasteiger partial charge in [-0.2, -0.15) is 5.26 Å². The lowest BCUT2D eigenvalue weighted by atomic mass is 10.0. The number of likely N-dealkylation sites (tertiary alicyclic amines) is 1. The van der Waals surface area contributed by atoms with Gasteiger partial charge in [-0.15, -0.1) is 0 Å². The van der Waals surface area contributed by atoms with E-state index in [0.29, 0.717) is 35.5 Å². The molecule has 1 saturated heterocycles. The number of piperidine rings is 1. The smallest absolute Gasteiger partial charge is 0.234 e. The van der Waals surface area contributed by atoms with Gasteiger partial charge >= 0.3 is 0 Å². The number of hydrogen-bond acceptors (Lipinski definition) is 11. The molecule has 2 aliphatic rings. The molecule has 2 fully saturated rings. The fourth-order valence-corrected chi connectivity index (χ4v) is 6.05. The minimum absolute atomic E-state index is 0.179. The Morgan fingerprint density at radius 3 is 2.48 bits per heavy atom. The summed E-state index contributed by atoms with van der Waals surface area (Å²) in [6, 6.07) is 24.3. The zero-order valence-corrected chi connectivity index (χ0v) is 26.2. The molecule has 48 heavy (non-hydrogen) atoms. The molecule has 0 spiro atoms. The van der Waals surface area contributed by atoms with Crippen LogP contribution >= 0.6 is 0 Å². The molecule has 3 N–H and O–H groups in total. The Hall–Kier alpha value is -5.93. The number of nitriles is 1. The molecule has 1 aliphatic heterocycles. The van der Waals surface area contributed by atoms with Crippen molar-refractivity contribution in [2.24, 2.45) is 0 Å². The Bertz CT molecular complexity index is 2110. The van der Waals surface area contributed by atoms with Crippen molar-refractivity contribution in [2.45, 2.75) is 44.4 Å². The maximum Gasteiger partial charge on any atom is 0.234 e. The van der Waals surface area contributed by atoms with Gasteiger partial charge in [-0.3, -0.25) is 9.47 Å². The molecule has 0 bridgehead atoms. The fraction of sp³-hybridized carbons (Fsp3) is 0.250. The van der Waals surface area contributed by atoms with Crippen molar-refractivity contribution in [1.29, 1.82) is 5.26 Å². The van der Waals surface area contributed by atoms with E-state index in [0.717, 1.165) is 79.0 Å². The van der Waals surface area contributed by atoms with Crippen LogP contribution in [-0.2, 0) is 6.54 Å². The van der Waals surface area contributed by atoms with Crippen LogP contribution in [0.2, 0.25) is 0 Å². The molecule has 0 radical (unpaired) electrons. The van der Waals surface area contributed by atoms with Gasteiger partial charge in [0.05, 0.1) is 11.3 Å². The van der Waals surface area contributed by atoms with Crippen molar-refractivity contribution in [3.8, 4) is 40.3 Å². The molecule has 0 amide bonds. The van der Waals surface area contributed by atoms with Gasteiger partial charge in [-0.1, -0.05) is 12.1 Å². The minimum Gasteiger partial charge on any atom is -0.474 e. The minimum atomic E-state index is 0.179. The Morgan fingerprint density at radius 1 is 0.875 bits per heavy atom. The van der Waals surface area contributed by atoms with Crippen LogP contribution in [0.1, 0.15) is 37.1 Å². The molecule has 0 atom stereocenters. The number of rotatable bonds is 9. The summed E-state index contributed by atoms with van der Waals surface area (Å²) in [7, 11) is 0. The van der Waals surface area contributed by atoms with Gasteiger partial charge in [0, 0.05) is 61.6 Å².